The van der Waals surface area contributed by atoms with Gasteiger partial charge in [0.1, 0.15) is 4.90 Å². The first kappa shape index (κ1) is 22.1. The van der Waals surface area contributed by atoms with E-state index < -0.39 is 10.0 Å². The van der Waals surface area contributed by atoms with Crippen LogP contribution in [0.1, 0.15) is 19.3 Å². The smallest absolute Gasteiger partial charge is 0.242 e. The largest absolute Gasteiger partial charge is 0.354 e. The number of amides is 1. The Balaban J connectivity index is 0.00000242. The molecule has 1 unspecified atom stereocenters. The molecule has 0 spiro atoms. The van der Waals surface area contributed by atoms with E-state index in [1.807, 2.05) is 0 Å². The summed E-state index contributed by atoms with van der Waals surface area (Å²) in [6, 6.07) is 2.99. The van der Waals surface area contributed by atoms with Crippen LogP contribution in [-0.4, -0.2) is 38.4 Å². The average molecular weight is 385 g/mol. The lowest BCUT2D eigenvalue weighted by atomic mass is 10.2. The van der Waals surface area contributed by atoms with Gasteiger partial charge in [-0.3, -0.25) is 9.78 Å². The van der Waals surface area contributed by atoms with Crippen LogP contribution < -0.4 is 15.8 Å². The summed E-state index contributed by atoms with van der Waals surface area (Å²) in [6.07, 6.45) is 5.09. The van der Waals surface area contributed by atoms with Gasteiger partial charge in [0, 0.05) is 37.9 Å². The lowest BCUT2D eigenvalue weighted by Crippen LogP contribution is -2.39. The van der Waals surface area contributed by atoms with Crippen LogP contribution in [0.2, 0.25) is 0 Å². The summed E-state index contributed by atoms with van der Waals surface area (Å²) in [7, 11) is -3.61. The molecule has 1 amide bonds. The fraction of sp³-hybridized carbons (Fsp3) is 0.538. The Kier molecular flexibility index (Phi) is 9.64. The molecule has 1 aromatic heterocycles. The number of nitrogens with two attached hydrogens (primary N) is 1. The van der Waals surface area contributed by atoms with E-state index in [9.17, 15) is 13.2 Å². The van der Waals surface area contributed by atoms with Gasteiger partial charge in [-0.05, 0) is 30.9 Å². The molecule has 7 nitrogen and oxygen atoms in total. The molecule has 1 aromatic rings. The van der Waals surface area contributed by atoms with Crippen LogP contribution in [-0.2, 0) is 14.8 Å². The van der Waals surface area contributed by atoms with Crippen LogP contribution in [0, 0.1) is 5.92 Å². The molecule has 1 aliphatic carbocycles. The van der Waals surface area contributed by atoms with Gasteiger partial charge in [-0.1, -0.05) is 0 Å². The van der Waals surface area contributed by atoms with E-state index in [-0.39, 0.29) is 54.6 Å². The second-order valence-electron chi connectivity index (χ2n) is 5.14. The number of sulfonamides is 1. The number of pyridine rings is 1. The van der Waals surface area contributed by atoms with E-state index in [1.54, 1.807) is 6.07 Å². The second-order valence-corrected chi connectivity index (χ2v) is 6.91. The minimum Gasteiger partial charge on any atom is -0.354 e. The highest BCUT2D eigenvalue weighted by Gasteiger charge is 2.28. The third-order valence-corrected chi connectivity index (χ3v) is 4.80. The summed E-state index contributed by atoms with van der Waals surface area (Å²) in [5.41, 5.74) is 5.87. The van der Waals surface area contributed by atoms with Gasteiger partial charge in [0.25, 0.3) is 0 Å². The van der Waals surface area contributed by atoms with Crippen molar-refractivity contribution in [1.82, 2.24) is 15.0 Å². The number of carbonyl (C=O) groups excluding carboxylic acids is 1. The van der Waals surface area contributed by atoms with Crippen molar-refractivity contribution < 1.29 is 13.2 Å². The first-order valence-corrected chi connectivity index (χ1v) is 8.39. The highest BCUT2D eigenvalue weighted by molar-refractivity contribution is 7.89. The van der Waals surface area contributed by atoms with Crippen molar-refractivity contribution >= 4 is 40.7 Å². The molecule has 0 aromatic carbocycles. The predicted octanol–water partition coefficient (Wildman–Crippen LogP) is 0.447. The Morgan fingerprint density at radius 2 is 2.09 bits per heavy atom. The number of hydrogen-bond donors (Lipinski definition) is 3. The first-order valence-electron chi connectivity index (χ1n) is 6.91. The molecule has 4 N–H and O–H groups in total. The number of hydrogen-bond acceptors (Lipinski definition) is 5. The number of nitrogens with one attached hydrogen (secondary N) is 2. The van der Waals surface area contributed by atoms with Crippen molar-refractivity contribution in [3.05, 3.63) is 24.5 Å². The minimum atomic E-state index is -3.61. The van der Waals surface area contributed by atoms with Crippen LogP contribution in [0.5, 0.6) is 0 Å². The van der Waals surface area contributed by atoms with Crippen molar-refractivity contribution in [2.75, 3.05) is 13.1 Å². The van der Waals surface area contributed by atoms with Gasteiger partial charge in [0.05, 0.1) is 0 Å². The molecule has 132 valence electrons. The lowest BCUT2D eigenvalue weighted by molar-refractivity contribution is -0.121. The molecule has 0 aliphatic heterocycles. The van der Waals surface area contributed by atoms with E-state index in [0.717, 1.165) is 12.8 Å². The molecule has 1 atom stereocenters. The molecule has 1 heterocycles. The van der Waals surface area contributed by atoms with Crippen LogP contribution in [0.15, 0.2) is 29.4 Å². The maximum Gasteiger partial charge on any atom is 0.242 e. The lowest BCUT2D eigenvalue weighted by Gasteiger charge is -2.11. The quantitative estimate of drug-likeness (QED) is 0.601. The Hall–Kier alpha value is -0.930. The van der Waals surface area contributed by atoms with E-state index >= 15 is 0 Å². The summed E-state index contributed by atoms with van der Waals surface area (Å²) in [6.45, 7) is 0.487. The van der Waals surface area contributed by atoms with Gasteiger partial charge >= 0.3 is 0 Å². The monoisotopic (exact) mass is 384 g/mol. The van der Waals surface area contributed by atoms with Crippen LogP contribution in [0.3, 0.4) is 0 Å². The van der Waals surface area contributed by atoms with Gasteiger partial charge in [0.2, 0.25) is 15.9 Å². The molecule has 1 aliphatic rings. The summed E-state index contributed by atoms with van der Waals surface area (Å²) in [5, 5.41) is 2.72. The second kappa shape index (κ2) is 10.0. The average Bonchev–Trinajstić information content (AvgIpc) is 3.30. The highest BCUT2D eigenvalue weighted by Crippen LogP contribution is 2.31. The molecule has 2 rings (SSSR count). The fourth-order valence-electron chi connectivity index (χ4n) is 1.90. The van der Waals surface area contributed by atoms with Gasteiger partial charge in [0.15, 0.2) is 0 Å². The minimum absolute atomic E-state index is 0. The van der Waals surface area contributed by atoms with Crippen LogP contribution in [0.4, 0.5) is 0 Å². The summed E-state index contributed by atoms with van der Waals surface area (Å²) >= 11 is 0. The first-order chi connectivity index (χ1) is 9.99. The molecule has 0 radical (unpaired) electrons. The maximum absolute atomic E-state index is 11.9. The van der Waals surface area contributed by atoms with E-state index in [2.05, 4.69) is 15.0 Å². The molecular formula is C13H22Cl2N4O3S. The molecule has 0 saturated heterocycles. The molecular weight excluding hydrogens is 363 g/mol. The fourth-order valence-corrected chi connectivity index (χ4v) is 2.89. The van der Waals surface area contributed by atoms with Gasteiger partial charge < -0.3 is 11.1 Å². The van der Waals surface area contributed by atoms with Gasteiger partial charge in [-0.15, -0.1) is 24.8 Å². The van der Waals surface area contributed by atoms with Gasteiger partial charge in [-0.2, -0.15) is 0 Å². The van der Waals surface area contributed by atoms with Crippen molar-refractivity contribution in [3.63, 3.8) is 0 Å². The Morgan fingerprint density at radius 3 is 2.65 bits per heavy atom. The summed E-state index contributed by atoms with van der Waals surface area (Å²) in [5.74, 6) is 0.314. The van der Waals surface area contributed by atoms with Crippen molar-refractivity contribution in [2.24, 2.45) is 11.7 Å². The van der Waals surface area contributed by atoms with Gasteiger partial charge in [-0.25, -0.2) is 13.1 Å². The SMILES string of the molecule is Cl.Cl.NC(CNC(=O)CCNS(=O)(=O)c1cccnc1)C1CC1. The molecule has 1 fully saturated rings. The normalized spacial score (nSPS) is 15.0. The van der Waals surface area contributed by atoms with E-state index in [4.69, 9.17) is 5.73 Å². The number of nitrogens with zero attached hydrogens (tertiary/aromatic N) is 1. The topological polar surface area (TPSA) is 114 Å². The maximum atomic E-state index is 11.9. The summed E-state index contributed by atoms with van der Waals surface area (Å²) < 4.78 is 26.1. The Labute approximate surface area is 148 Å². The number of aromatic nitrogens is 1. The Morgan fingerprint density at radius 1 is 1.39 bits per heavy atom. The number of rotatable bonds is 8. The van der Waals surface area contributed by atoms with Crippen molar-refractivity contribution in [2.45, 2.75) is 30.2 Å². The third kappa shape index (κ3) is 7.45. The molecule has 23 heavy (non-hydrogen) atoms. The van der Waals surface area contributed by atoms with Crippen molar-refractivity contribution in [3.8, 4) is 0 Å². The predicted molar refractivity (Wildman–Crippen MR) is 92.2 cm³/mol. The Bertz CT molecular complexity index is 582. The third-order valence-electron chi connectivity index (χ3n) is 3.35. The number of carbonyl (C=O) groups is 1. The zero-order chi connectivity index (χ0) is 15.3. The van der Waals surface area contributed by atoms with E-state index in [0.29, 0.717) is 12.5 Å². The van der Waals surface area contributed by atoms with Crippen LogP contribution >= 0.6 is 24.8 Å². The zero-order valence-electron chi connectivity index (χ0n) is 12.5. The van der Waals surface area contributed by atoms with Crippen molar-refractivity contribution in [1.29, 1.82) is 0 Å². The van der Waals surface area contributed by atoms with E-state index in [1.165, 1.54) is 18.5 Å². The molecule has 10 heteroatoms. The molecule has 1 saturated carbocycles. The highest BCUT2D eigenvalue weighted by atomic mass is 35.5. The summed E-state index contributed by atoms with van der Waals surface area (Å²) in [4.78, 5) is 15.4. The molecule has 0 bridgehead atoms. The number of halogens is 2. The standard InChI is InChI=1S/C13H20N4O3S.2ClH/c14-12(10-3-4-10)9-16-13(18)5-7-17-21(19,20)11-2-1-6-15-8-11;;/h1-2,6,8,10,12,17H,3-5,7,9,14H2,(H,16,18);2*1H. The van der Waals surface area contributed by atoms with Crippen LogP contribution in [0.25, 0.3) is 0 Å². The zero-order valence-corrected chi connectivity index (χ0v) is 14.9.